The number of nitrogens with zero attached hydrogens (tertiary/aromatic N) is 2. The zero-order valence-corrected chi connectivity index (χ0v) is 17.0. The molecule has 2 heterocycles. The van der Waals surface area contributed by atoms with E-state index in [1.165, 1.54) is 22.2 Å². The molecule has 0 aliphatic heterocycles. The van der Waals surface area contributed by atoms with Gasteiger partial charge in [0.05, 0.1) is 24.9 Å². The minimum atomic E-state index is -0.197. The van der Waals surface area contributed by atoms with Gasteiger partial charge in [0.15, 0.2) is 5.78 Å². The molecule has 29 heavy (non-hydrogen) atoms. The summed E-state index contributed by atoms with van der Waals surface area (Å²) in [4.78, 5) is 32.1. The van der Waals surface area contributed by atoms with Gasteiger partial charge in [-0.05, 0) is 43.7 Å². The molecule has 0 atom stereocenters. The van der Waals surface area contributed by atoms with Crippen molar-refractivity contribution in [1.82, 2.24) is 9.55 Å². The van der Waals surface area contributed by atoms with Crippen LogP contribution in [0.3, 0.4) is 0 Å². The third-order valence-electron chi connectivity index (χ3n) is 4.72. The fourth-order valence-electron chi connectivity index (χ4n) is 3.35. The Balaban J connectivity index is 1.71. The van der Waals surface area contributed by atoms with Crippen LogP contribution in [0.4, 0.5) is 0 Å². The Labute approximate surface area is 172 Å². The maximum absolute atomic E-state index is 13.2. The SMILES string of the molecule is CCOc1ccc(C(=O)Cn2cnc3sc(C)c(-c4ccccc4)c3c2=O)cc1. The van der Waals surface area contributed by atoms with Crippen LogP contribution in [0.1, 0.15) is 22.2 Å². The Morgan fingerprint density at radius 2 is 1.83 bits per heavy atom. The molecule has 0 amide bonds. The highest BCUT2D eigenvalue weighted by molar-refractivity contribution is 7.19. The Morgan fingerprint density at radius 1 is 1.10 bits per heavy atom. The molecule has 6 heteroatoms. The Bertz CT molecular complexity index is 1220. The molecule has 0 saturated carbocycles. The summed E-state index contributed by atoms with van der Waals surface area (Å²) in [6.07, 6.45) is 1.46. The average molecular weight is 404 g/mol. The molecule has 0 aliphatic carbocycles. The summed E-state index contributed by atoms with van der Waals surface area (Å²) in [6, 6.07) is 16.8. The molecular formula is C23H20N2O3S. The van der Waals surface area contributed by atoms with Crippen LogP contribution in [0, 0.1) is 6.92 Å². The number of benzene rings is 2. The standard InChI is InChI=1S/C23H20N2O3S/c1-3-28-18-11-9-16(10-12-18)19(26)13-25-14-24-22-21(23(25)27)20(15(2)29-22)17-7-5-4-6-8-17/h4-12,14H,3,13H2,1-2H3. The molecule has 0 spiro atoms. The van der Waals surface area contributed by atoms with E-state index in [-0.39, 0.29) is 17.9 Å². The number of fused-ring (bicyclic) bond motifs is 1. The van der Waals surface area contributed by atoms with Crippen molar-refractivity contribution in [1.29, 1.82) is 0 Å². The van der Waals surface area contributed by atoms with Gasteiger partial charge in [0, 0.05) is 16.0 Å². The molecule has 2 aromatic carbocycles. The van der Waals surface area contributed by atoms with Crippen molar-refractivity contribution in [2.24, 2.45) is 0 Å². The van der Waals surface area contributed by atoms with Crippen molar-refractivity contribution in [3.63, 3.8) is 0 Å². The predicted molar refractivity (Wildman–Crippen MR) is 116 cm³/mol. The van der Waals surface area contributed by atoms with Gasteiger partial charge < -0.3 is 4.74 Å². The lowest BCUT2D eigenvalue weighted by Gasteiger charge is -2.07. The lowest BCUT2D eigenvalue weighted by atomic mass is 10.0. The van der Waals surface area contributed by atoms with Gasteiger partial charge in [-0.3, -0.25) is 14.2 Å². The van der Waals surface area contributed by atoms with Gasteiger partial charge in [-0.2, -0.15) is 0 Å². The summed E-state index contributed by atoms with van der Waals surface area (Å²) in [5.74, 6) is 0.565. The van der Waals surface area contributed by atoms with Crippen LogP contribution in [-0.4, -0.2) is 21.9 Å². The van der Waals surface area contributed by atoms with Crippen molar-refractivity contribution < 1.29 is 9.53 Å². The van der Waals surface area contributed by atoms with Crippen LogP contribution in [-0.2, 0) is 6.54 Å². The monoisotopic (exact) mass is 404 g/mol. The molecule has 0 fully saturated rings. The second kappa shape index (κ2) is 8.01. The van der Waals surface area contributed by atoms with Crippen molar-refractivity contribution in [2.75, 3.05) is 6.61 Å². The zero-order chi connectivity index (χ0) is 20.4. The molecule has 2 aromatic heterocycles. The maximum Gasteiger partial charge on any atom is 0.263 e. The third kappa shape index (κ3) is 3.71. The van der Waals surface area contributed by atoms with Gasteiger partial charge >= 0.3 is 0 Å². The smallest absolute Gasteiger partial charge is 0.263 e. The van der Waals surface area contributed by atoms with E-state index in [1.54, 1.807) is 24.3 Å². The van der Waals surface area contributed by atoms with E-state index in [4.69, 9.17) is 4.74 Å². The molecule has 146 valence electrons. The summed E-state index contributed by atoms with van der Waals surface area (Å²) in [5, 5.41) is 0.570. The summed E-state index contributed by atoms with van der Waals surface area (Å²) in [7, 11) is 0. The van der Waals surface area contributed by atoms with Crippen molar-refractivity contribution in [3.8, 4) is 16.9 Å². The average Bonchev–Trinajstić information content (AvgIpc) is 3.08. The molecular weight excluding hydrogens is 384 g/mol. The normalized spacial score (nSPS) is 11.0. The van der Waals surface area contributed by atoms with Crippen LogP contribution in [0.15, 0.2) is 65.7 Å². The van der Waals surface area contributed by atoms with Crippen LogP contribution in [0.25, 0.3) is 21.3 Å². The fourth-order valence-corrected chi connectivity index (χ4v) is 4.36. The van der Waals surface area contributed by atoms with Gasteiger partial charge in [-0.15, -0.1) is 11.3 Å². The maximum atomic E-state index is 13.2. The molecule has 5 nitrogen and oxygen atoms in total. The summed E-state index contributed by atoms with van der Waals surface area (Å²) in [6.45, 7) is 4.41. The molecule has 0 saturated heterocycles. The lowest BCUT2D eigenvalue weighted by Crippen LogP contribution is -2.24. The lowest BCUT2D eigenvalue weighted by molar-refractivity contribution is 0.0970. The number of aromatic nitrogens is 2. The number of aryl methyl sites for hydroxylation is 1. The number of Topliss-reactive ketones (excluding diaryl/α,β-unsaturated/α-hetero) is 1. The minimum absolute atomic E-state index is 0.0567. The first-order valence-corrected chi connectivity index (χ1v) is 10.2. The first kappa shape index (κ1) is 19.1. The largest absolute Gasteiger partial charge is 0.494 e. The number of thiophene rings is 1. The molecule has 0 bridgehead atoms. The summed E-state index contributed by atoms with van der Waals surface area (Å²) in [5.41, 5.74) is 2.21. The number of hydrogen-bond donors (Lipinski definition) is 0. The second-order valence-electron chi connectivity index (χ2n) is 6.64. The molecule has 0 radical (unpaired) electrons. The molecule has 4 aromatic rings. The second-order valence-corrected chi connectivity index (χ2v) is 7.84. The summed E-state index contributed by atoms with van der Waals surface area (Å²) >= 11 is 1.49. The first-order valence-electron chi connectivity index (χ1n) is 9.38. The molecule has 0 N–H and O–H groups in total. The van der Waals surface area contributed by atoms with Crippen LogP contribution >= 0.6 is 11.3 Å². The van der Waals surface area contributed by atoms with E-state index in [2.05, 4.69) is 4.98 Å². The highest BCUT2D eigenvalue weighted by atomic mass is 32.1. The van der Waals surface area contributed by atoms with E-state index in [0.717, 1.165) is 16.0 Å². The van der Waals surface area contributed by atoms with E-state index < -0.39 is 0 Å². The fraction of sp³-hybridized carbons (Fsp3) is 0.174. The summed E-state index contributed by atoms with van der Waals surface area (Å²) < 4.78 is 6.80. The first-order chi connectivity index (χ1) is 14.1. The van der Waals surface area contributed by atoms with Crippen molar-refractivity contribution >= 4 is 27.3 Å². The van der Waals surface area contributed by atoms with Crippen LogP contribution in [0.5, 0.6) is 5.75 Å². The van der Waals surface area contributed by atoms with Crippen molar-refractivity contribution in [2.45, 2.75) is 20.4 Å². The molecule has 4 rings (SSSR count). The Kier molecular flexibility index (Phi) is 5.27. The topological polar surface area (TPSA) is 61.2 Å². The van der Waals surface area contributed by atoms with E-state index in [9.17, 15) is 9.59 Å². The van der Waals surface area contributed by atoms with Crippen LogP contribution in [0.2, 0.25) is 0 Å². The minimum Gasteiger partial charge on any atom is -0.494 e. The molecule has 0 unspecified atom stereocenters. The van der Waals surface area contributed by atoms with E-state index in [1.807, 2.05) is 44.2 Å². The predicted octanol–water partition coefficient (Wildman–Crippen LogP) is 4.72. The van der Waals surface area contributed by atoms with E-state index >= 15 is 0 Å². The highest BCUT2D eigenvalue weighted by Gasteiger charge is 2.18. The number of ether oxygens (including phenoxy) is 1. The van der Waals surface area contributed by atoms with Gasteiger partial charge in [0.25, 0.3) is 5.56 Å². The number of rotatable bonds is 6. The highest BCUT2D eigenvalue weighted by Crippen LogP contribution is 2.35. The number of hydrogen-bond acceptors (Lipinski definition) is 5. The Morgan fingerprint density at radius 3 is 2.52 bits per heavy atom. The molecule has 0 aliphatic rings. The zero-order valence-electron chi connectivity index (χ0n) is 16.2. The van der Waals surface area contributed by atoms with Gasteiger partial charge in [-0.1, -0.05) is 30.3 Å². The van der Waals surface area contributed by atoms with E-state index in [0.29, 0.717) is 28.1 Å². The Hall–Kier alpha value is -3.25. The third-order valence-corrected chi connectivity index (χ3v) is 5.73. The number of carbonyl (C=O) groups excluding carboxylic acids is 1. The quantitative estimate of drug-likeness (QED) is 0.437. The number of carbonyl (C=O) groups is 1. The number of ketones is 1. The van der Waals surface area contributed by atoms with Crippen LogP contribution < -0.4 is 10.3 Å². The van der Waals surface area contributed by atoms with Gasteiger partial charge in [-0.25, -0.2) is 4.98 Å². The van der Waals surface area contributed by atoms with Gasteiger partial charge in [0.1, 0.15) is 10.6 Å². The van der Waals surface area contributed by atoms with Crippen molar-refractivity contribution in [3.05, 3.63) is 81.7 Å². The van der Waals surface area contributed by atoms with Gasteiger partial charge in [0.2, 0.25) is 0 Å².